The Labute approximate surface area is 201 Å². The Bertz CT molecular complexity index is 1270. The van der Waals surface area contributed by atoms with Crippen LogP contribution in [0.1, 0.15) is 17.5 Å². The van der Waals surface area contributed by atoms with Gasteiger partial charge in [0.25, 0.3) is 0 Å². The number of halogens is 3. The molecule has 9 heteroatoms. The number of fused-ring (bicyclic) bond motifs is 1. The SMILES string of the molecule is COc1ccc2ncc(F)c(CCNC3(C(N)=O)CCN(CC=Cc4cc(F)ccc4F)C3)c2c1. The zero-order chi connectivity index (χ0) is 25.0. The van der Waals surface area contributed by atoms with E-state index >= 15 is 0 Å². The minimum absolute atomic E-state index is 0.159. The Kier molecular flexibility index (Phi) is 7.37. The van der Waals surface area contributed by atoms with E-state index in [0.717, 1.165) is 18.2 Å². The number of pyridine rings is 1. The summed E-state index contributed by atoms with van der Waals surface area (Å²) in [5.41, 5.74) is 6.08. The lowest BCUT2D eigenvalue weighted by Crippen LogP contribution is -2.57. The van der Waals surface area contributed by atoms with Crippen molar-refractivity contribution in [2.45, 2.75) is 18.4 Å². The van der Waals surface area contributed by atoms with Crippen LogP contribution in [0.2, 0.25) is 0 Å². The number of rotatable bonds is 9. The lowest BCUT2D eigenvalue weighted by atomic mass is 9.97. The van der Waals surface area contributed by atoms with E-state index in [0.29, 0.717) is 61.2 Å². The molecule has 1 saturated heterocycles. The molecule has 0 bridgehead atoms. The number of carbonyl (C=O) groups excluding carboxylic acids is 1. The number of nitrogens with two attached hydrogens (primary N) is 1. The number of nitrogens with one attached hydrogen (secondary N) is 1. The third-order valence-corrected chi connectivity index (χ3v) is 6.41. The van der Waals surface area contributed by atoms with Crippen LogP contribution >= 0.6 is 0 Å². The summed E-state index contributed by atoms with van der Waals surface area (Å²) in [6.07, 6.45) is 5.24. The summed E-state index contributed by atoms with van der Waals surface area (Å²) < 4.78 is 47.0. The minimum Gasteiger partial charge on any atom is -0.497 e. The molecule has 1 atom stereocenters. The van der Waals surface area contributed by atoms with Crippen molar-refractivity contribution < 1.29 is 22.7 Å². The molecule has 3 aromatic rings. The van der Waals surface area contributed by atoms with Gasteiger partial charge in [-0.3, -0.25) is 14.7 Å². The highest BCUT2D eigenvalue weighted by molar-refractivity contribution is 5.86. The van der Waals surface area contributed by atoms with E-state index in [2.05, 4.69) is 10.3 Å². The number of methoxy groups -OCH3 is 1. The summed E-state index contributed by atoms with van der Waals surface area (Å²) in [6, 6.07) is 8.56. The first-order valence-corrected chi connectivity index (χ1v) is 11.3. The number of primary amides is 1. The molecule has 2 heterocycles. The summed E-state index contributed by atoms with van der Waals surface area (Å²) in [7, 11) is 1.54. The molecule has 1 aliphatic heterocycles. The molecule has 0 saturated carbocycles. The fourth-order valence-electron chi connectivity index (χ4n) is 4.46. The summed E-state index contributed by atoms with van der Waals surface area (Å²) in [4.78, 5) is 18.5. The molecule has 1 aliphatic rings. The lowest BCUT2D eigenvalue weighted by Gasteiger charge is -2.27. The Hall–Kier alpha value is -3.43. The van der Waals surface area contributed by atoms with Crippen molar-refractivity contribution in [2.75, 3.05) is 33.3 Å². The quantitative estimate of drug-likeness (QED) is 0.487. The Balaban J connectivity index is 1.41. The number of carbonyl (C=O) groups is 1. The number of nitrogens with zero attached hydrogens (tertiary/aromatic N) is 2. The molecule has 1 unspecified atom stereocenters. The summed E-state index contributed by atoms with van der Waals surface area (Å²) in [6.45, 7) is 1.71. The molecule has 0 radical (unpaired) electrons. The molecule has 0 spiro atoms. The third kappa shape index (κ3) is 5.47. The Morgan fingerprint density at radius 3 is 2.83 bits per heavy atom. The molecule has 1 fully saturated rings. The summed E-state index contributed by atoms with van der Waals surface area (Å²) in [5, 5.41) is 3.90. The van der Waals surface area contributed by atoms with Crippen LogP contribution in [0, 0.1) is 17.5 Å². The standard InChI is InChI=1S/C26H27F3N4O2/c1-35-19-5-7-24-21(14-19)20(23(29)15-31-24)8-10-32-26(25(30)34)9-12-33(16-26)11-2-3-17-13-18(27)4-6-22(17)28/h2-7,13-15,32H,8-12,16H2,1H3,(H2,30,34). The average molecular weight is 485 g/mol. The van der Waals surface area contributed by atoms with E-state index in [1.165, 1.54) is 12.3 Å². The van der Waals surface area contributed by atoms with Gasteiger partial charge in [0.2, 0.25) is 5.91 Å². The molecule has 3 N–H and O–H groups in total. The van der Waals surface area contributed by atoms with Crippen LogP contribution in [-0.4, -0.2) is 54.6 Å². The van der Waals surface area contributed by atoms with E-state index in [9.17, 15) is 18.0 Å². The minimum atomic E-state index is -0.963. The molecule has 6 nitrogen and oxygen atoms in total. The molecule has 1 aromatic heterocycles. The van der Waals surface area contributed by atoms with Crippen molar-refractivity contribution in [3.63, 3.8) is 0 Å². The predicted molar refractivity (Wildman–Crippen MR) is 128 cm³/mol. The summed E-state index contributed by atoms with van der Waals surface area (Å²) >= 11 is 0. The highest BCUT2D eigenvalue weighted by Gasteiger charge is 2.42. The maximum atomic E-state index is 14.6. The topological polar surface area (TPSA) is 80.5 Å². The molecule has 2 aromatic carbocycles. The fourth-order valence-corrected chi connectivity index (χ4v) is 4.46. The van der Waals surface area contributed by atoms with Gasteiger partial charge in [0.1, 0.15) is 28.7 Å². The van der Waals surface area contributed by atoms with Crippen molar-refractivity contribution >= 4 is 22.9 Å². The first-order valence-electron chi connectivity index (χ1n) is 11.3. The van der Waals surface area contributed by atoms with Crippen LogP contribution in [0.4, 0.5) is 13.2 Å². The van der Waals surface area contributed by atoms with Gasteiger partial charge in [0, 0.05) is 42.7 Å². The largest absolute Gasteiger partial charge is 0.497 e. The monoisotopic (exact) mass is 484 g/mol. The van der Waals surface area contributed by atoms with Gasteiger partial charge in [0.05, 0.1) is 18.8 Å². The van der Waals surface area contributed by atoms with E-state index in [1.807, 2.05) is 4.90 Å². The number of hydrogen-bond acceptors (Lipinski definition) is 5. The Morgan fingerprint density at radius 2 is 2.06 bits per heavy atom. The average Bonchev–Trinajstić information content (AvgIpc) is 3.27. The fraction of sp³-hybridized carbons (Fsp3) is 0.308. The first kappa shape index (κ1) is 24.7. The highest BCUT2D eigenvalue weighted by atomic mass is 19.1. The van der Waals surface area contributed by atoms with Crippen LogP contribution in [0.15, 0.2) is 48.7 Å². The number of aromatic nitrogens is 1. The van der Waals surface area contributed by atoms with Gasteiger partial charge >= 0.3 is 0 Å². The van der Waals surface area contributed by atoms with Crippen LogP contribution < -0.4 is 15.8 Å². The molecule has 0 aliphatic carbocycles. The Morgan fingerprint density at radius 1 is 1.23 bits per heavy atom. The second-order valence-electron chi connectivity index (χ2n) is 8.64. The first-order chi connectivity index (χ1) is 16.8. The lowest BCUT2D eigenvalue weighted by molar-refractivity contribution is -0.124. The number of amides is 1. The maximum Gasteiger partial charge on any atom is 0.239 e. The van der Waals surface area contributed by atoms with E-state index in [4.69, 9.17) is 10.5 Å². The number of likely N-dealkylation sites (tertiary alicyclic amines) is 1. The van der Waals surface area contributed by atoms with Gasteiger partial charge in [-0.2, -0.15) is 0 Å². The predicted octanol–water partition coefficient (Wildman–Crippen LogP) is 3.44. The molecule has 1 amide bonds. The van der Waals surface area contributed by atoms with Crippen LogP contribution in [0.3, 0.4) is 0 Å². The van der Waals surface area contributed by atoms with Crippen LogP contribution in [0.5, 0.6) is 5.75 Å². The molecule has 4 rings (SSSR count). The molecular formula is C26H27F3N4O2. The second kappa shape index (κ2) is 10.5. The van der Waals surface area contributed by atoms with E-state index < -0.39 is 28.9 Å². The number of benzene rings is 2. The summed E-state index contributed by atoms with van der Waals surface area (Å²) in [5.74, 6) is -1.33. The number of ether oxygens (including phenoxy) is 1. The van der Waals surface area contributed by atoms with Crippen molar-refractivity contribution in [3.8, 4) is 5.75 Å². The van der Waals surface area contributed by atoms with Crippen molar-refractivity contribution in [1.29, 1.82) is 0 Å². The normalized spacial score (nSPS) is 18.5. The van der Waals surface area contributed by atoms with Crippen molar-refractivity contribution in [1.82, 2.24) is 15.2 Å². The van der Waals surface area contributed by atoms with Gasteiger partial charge in [-0.15, -0.1) is 0 Å². The molecule has 35 heavy (non-hydrogen) atoms. The van der Waals surface area contributed by atoms with Gasteiger partial charge in [-0.1, -0.05) is 12.2 Å². The van der Waals surface area contributed by atoms with Gasteiger partial charge < -0.3 is 15.8 Å². The maximum absolute atomic E-state index is 14.6. The molecular weight excluding hydrogens is 457 g/mol. The van der Waals surface area contributed by atoms with Crippen LogP contribution in [-0.2, 0) is 11.2 Å². The second-order valence-corrected chi connectivity index (χ2v) is 8.64. The van der Waals surface area contributed by atoms with E-state index in [-0.39, 0.29) is 5.56 Å². The van der Waals surface area contributed by atoms with Crippen molar-refractivity contribution in [2.24, 2.45) is 5.73 Å². The third-order valence-electron chi connectivity index (χ3n) is 6.41. The highest BCUT2D eigenvalue weighted by Crippen LogP contribution is 2.26. The zero-order valence-corrected chi connectivity index (χ0v) is 19.4. The van der Waals surface area contributed by atoms with Crippen LogP contribution in [0.25, 0.3) is 17.0 Å². The van der Waals surface area contributed by atoms with Gasteiger partial charge in [-0.05, 0) is 49.2 Å². The zero-order valence-electron chi connectivity index (χ0n) is 19.4. The smallest absolute Gasteiger partial charge is 0.239 e. The van der Waals surface area contributed by atoms with E-state index in [1.54, 1.807) is 31.4 Å². The molecule has 184 valence electrons. The number of hydrogen-bond donors (Lipinski definition) is 2. The van der Waals surface area contributed by atoms with Gasteiger partial charge in [0.15, 0.2) is 0 Å². The van der Waals surface area contributed by atoms with Gasteiger partial charge in [-0.25, -0.2) is 13.2 Å². The van der Waals surface area contributed by atoms with Crippen molar-refractivity contribution in [3.05, 3.63) is 77.2 Å².